The molecule has 5 nitrogen and oxygen atoms in total. The summed E-state index contributed by atoms with van der Waals surface area (Å²) in [4.78, 5) is 17.9. The first kappa shape index (κ1) is 11.2. The van der Waals surface area contributed by atoms with Crippen LogP contribution in [0.4, 0.5) is 5.95 Å². The van der Waals surface area contributed by atoms with Crippen molar-refractivity contribution in [2.24, 2.45) is 0 Å². The highest BCUT2D eigenvalue weighted by atomic mass is 16.5. The van der Waals surface area contributed by atoms with Crippen LogP contribution in [0, 0.1) is 0 Å². The molecule has 0 unspecified atom stereocenters. The van der Waals surface area contributed by atoms with Crippen molar-refractivity contribution < 1.29 is 4.74 Å². The van der Waals surface area contributed by atoms with Crippen LogP contribution >= 0.6 is 0 Å². The highest BCUT2D eigenvalue weighted by Gasteiger charge is 2.02. The molecule has 0 radical (unpaired) electrons. The minimum atomic E-state index is -0.201. The fraction of sp³-hybridized carbons (Fsp3) is 0.167. The van der Waals surface area contributed by atoms with E-state index in [-0.39, 0.29) is 11.5 Å². The number of methoxy groups -OCH3 is 1. The maximum Gasteiger partial charge on any atom is 0.255 e. The SMILES string of the molecule is COc1ccc(Cc2cnc(N)[nH]c2=O)cc1. The van der Waals surface area contributed by atoms with E-state index in [2.05, 4.69) is 9.97 Å². The molecule has 5 heteroatoms. The lowest BCUT2D eigenvalue weighted by atomic mass is 10.1. The van der Waals surface area contributed by atoms with Crippen LogP contribution in [0.5, 0.6) is 5.75 Å². The third-order valence-electron chi connectivity index (χ3n) is 2.45. The molecule has 1 aromatic carbocycles. The van der Waals surface area contributed by atoms with Crippen molar-refractivity contribution in [3.63, 3.8) is 0 Å². The van der Waals surface area contributed by atoms with Crippen LogP contribution in [0.1, 0.15) is 11.1 Å². The minimum absolute atomic E-state index is 0.133. The number of nitrogens with zero attached hydrogens (tertiary/aromatic N) is 1. The van der Waals surface area contributed by atoms with Crippen molar-refractivity contribution in [3.8, 4) is 5.75 Å². The van der Waals surface area contributed by atoms with Crippen LogP contribution in [-0.2, 0) is 6.42 Å². The number of aromatic nitrogens is 2. The van der Waals surface area contributed by atoms with Crippen molar-refractivity contribution in [3.05, 3.63) is 51.9 Å². The second-order valence-electron chi connectivity index (χ2n) is 3.65. The normalized spacial score (nSPS) is 10.2. The number of H-pyrrole nitrogens is 1. The maximum atomic E-state index is 11.6. The Labute approximate surface area is 98.3 Å². The Morgan fingerprint density at radius 2 is 2.06 bits per heavy atom. The number of rotatable bonds is 3. The van der Waals surface area contributed by atoms with Gasteiger partial charge in [-0.2, -0.15) is 0 Å². The van der Waals surface area contributed by atoms with E-state index in [1.54, 1.807) is 7.11 Å². The smallest absolute Gasteiger partial charge is 0.255 e. The van der Waals surface area contributed by atoms with Crippen LogP contribution in [0.15, 0.2) is 35.3 Å². The summed E-state index contributed by atoms with van der Waals surface area (Å²) in [7, 11) is 1.61. The first-order valence-corrected chi connectivity index (χ1v) is 5.15. The average Bonchev–Trinajstić information content (AvgIpc) is 2.34. The molecule has 1 aromatic heterocycles. The molecule has 0 saturated carbocycles. The summed E-state index contributed by atoms with van der Waals surface area (Å²) in [5, 5.41) is 0. The summed E-state index contributed by atoms with van der Waals surface area (Å²) in [5.74, 6) is 0.923. The first-order chi connectivity index (χ1) is 8.19. The molecule has 0 amide bonds. The molecule has 88 valence electrons. The van der Waals surface area contributed by atoms with Crippen LogP contribution in [0.3, 0.4) is 0 Å². The third-order valence-corrected chi connectivity index (χ3v) is 2.45. The minimum Gasteiger partial charge on any atom is -0.497 e. The number of benzene rings is 1. The van der Waals surface area contributed by atoms with Crippen molar-refractivity contribution in [1.29, 1.82) is 0 Å². The van der Waals surface area contributed by atoms with E-state index < -0.39 is 0 Å². The fourth-order valence-corrected chi connectivity index (χ4v) is 1.52. The fourth-order valence-electron chi connectivity index (χ4n) is 1.52. The number of hydrogen-bond acceptors (Lipinski definition) is 4. The molecule has 0 aliphatic heterocycles. The monoisotopic (exact) mass is 231 g/mol. The van der Waals surface area contributed by atoms with Gasteiger partial charge in [0.15, 0.2) is 5.95 Å². The van der Waals surface area contributed by atoms with Gasteiger partial charge in [0, 0.05) is 18.2 Å². The number of anilines is 1. The largest absolute Gasteiger partial charge is 0.497 e. The second-order valence-corrected chi connectivity index (χ2v) is 3.65. The summed E-state index contributed by atoms with van der Waals surface area (Å²) in [6, 6.07) is 7.53. The Hall–Kier alpha value is -2.30. The van der Waals surface area contributed by atoms with E-state index in [1.165, 1.54) is 6.20 Å². The average molecular weight is 231 g/mol. The molecular weight excluding hydrogens is 218 g/mol. The first-order valence-electron chi connectivity index (χ1n) is 5.15. The molecule has 3 N–H and O–H groups in total. The van der Waals surface area contributed by atoms with E-state index in [0.717, 1.165) is 11.3 Å². The van der Waals surface area contributed by atoms with Gasteiger partial charge in [-0.1, -0.05) is 12.1 Å². The Morgan fingerprint density at radius 1 is 1.35 bits per heavy atom. The molecular formula is C12H13N3O2. The van der Waals surface area contributed by atoms with Crippen LogP contribution in [0.25, 0.3) is 0 Å². The van der Waals surface area contributed by atoms with E-state index in [1.807, 2.05) is 24.3 Å². The lowest BCUT2D eigenvalue weighted by Crippen LogP contribution is -2.15. The molecule has 0 fully saturated rings. The van der Waals surface area contributed by atoms with Crippen molar-refractivity contribution >= 4 is 5.95 Å². The Morgan fingerprint density at radius 3 is 2.65 bits per heavy atom. The van der Waals surface area contributed by atoms with Crippen LogP contribution in [0.2, 0.25) is 0 Å². The van der Waals surface area contributed by atoms with Gasteiger partial charge in [-0.05, 0) is 17.7 Å². The number of nitrogen functional groups attached to an aromatic ring is 1. The zero-order valence-electron chi connectivity index (χ0n) is 9.43. The van der Waals surface area contributed by atoms with Gasteiger partial charge in [0.25, 0.3) is 5.56 Å². The molecule has 0 bridgehead atoms. The van der Waals surface area contributed by atoms with E-state index in [4.69, 9.17) is 10.5 Å². The number of nitrogens with one attached hydrogen (secondary N) is 1. The standard InChI is InChI=1S/C12H13N3O2/c1-17-10-4-2-8(3-5-10)6-9-7-14-12(13)15-11(9)16/h2-5,7H,6H2,1H3,(H3,13,14,15,16). The van der Waals surface area contributed by atoms with Crippen molar-refractivity contribution in [2.45, 2.75) is 6.42 Å². The maximum absolute atomic E-state index is 11.6. The predicted octanol–water partition coefficient (Wildman–Crippen LogP) is 0.951. The topological polar surface area (TPSA) is 81.0 Å². The molecule has 1 heterocycles. The lowest BCUT2D eigenvalue weighted by Gasteiger charge is -2.03. The Balaban J connectivity index is 2.22. The highest BCUT2D eigenvalue weighted by molar-refractivity contribution is 5.30. The van der Waals surface area contributed by atoms with Gasteiger partial charge in [-0.25, -0.2) is 4.98 Å². The zero-order chi connectivity index (χ0) is 12.3. The lowest BCUT2D eigenvalue weighted by molar-refractivity contribution is 0.414. The number of ether oxygens (including phenoxy) is 1. The molecule has 0 spiro atoms. The molecule has 0 aliphatic carbocycles. The number of nitrogens with two attached hydrogens (primary N) is 1. The number of hydrogen-bond donors (Lipinski definition) is 2. The summed E-state index contributed by atoms with van der Waals surface area (Å²) < 4.78 is 5.06. The van der Waals surface area contributed by atoms with Crippen LogP contribution in [-0.4, -0.2) is 17.1 Å². The van der Waals surface area contributed by atoms with E-state index >= 15 is 0 Å². The van der Waals surface area contributed by atoms with Gasteiger partial charge in [-0.15, -0.1) is 0 Å². The molecule has 0 saturated heterocycles. The summed E-state index contributed by atoms with van der Waals surface area (Å²) in [6.07, 6.45) is 2.02. The van der Waals surface area contributed by atoms with Gasteiger partial charge < -0.3 is 10.5 Å². The summed E-state index contributed by atoms with van der Waals surface area (Å²) >= 11 is 0. The van der Waals surface area contributed by atoms with Gasteiger partial charge in [0.05, 0.1) is 7.11 Å². The predicted molar refractivity (Wildman–Crippen MR) is 65.1 cm³/mol. The Kier molecular flexibility index (Phi) is 3.09. The summed E-state index contributed by atoms with van der Waals surface area (Å²) in [6.45, 7) is 0. The molecule has 17 heavy (non-hydrogen) atoms. The van der Waals surface area contributed by atoms with Gasteiger partial charge in [0.2, 0.25) is 0 Å². The molecule has 2 aromatic rings. The Bertz CT molecular complexity index is 561. The van der Waals surface area contributed by atoms with Gasteiger partial charge in [-0.3, -0.25) is 9.78 Å². The molecule has 0 aliphatic rings. The molecule has 0 atom stereocenters. The van der Waals surface area contributed by atoms with E-state index in [0.29, 0.717) is 12.0 Å². The van der Waals surface area contributed by atoms with Gasteiger partial charge in [0.1, 0.15) is 5.75 Å². The molecule has 2 rings (SSSR count). The van der Waals surface area contributed by atoms with E-state index in [9.17, 15) is 4.79 Å². The zero-order valence-corrected chi connectivity index (χ0v) is 9.43. The van der Waals surface area contributed by atoms with Crippen LogP contribution < -0.4 is 16.0 Å². The highest BCUT2D eigenvalue weighted by Crippen LogP contribution is 2.13. The summed E-state index contributed by atoms with van der Waals surface area (Å²) in [5.41, 5.74) is 6.78. The second kappa shape index (κ2) is 4.69. The van der Waals surface area contributed by atoms with Gasteiger partial charge >= 0.3 is 0 Å². The third kappa shape index (κ3) is 2.63. The van der Waals surface area contributed by atoms with Crippen molar-refractivity contribution in [1.82, 2.24) is 9.97 Å². The quantitative estimate of drug-likeness (QED) is 0.824. The van der Waals surface area contributed by atoms with Crippen molar-refractivity contribution in [2.75, 3.05) is 12.8 Å². The number of aromatic amines is 1.